The van der Waals surface area contributed by atoms with E-state index in [-0.39, 0.29) is 0 Å². The van der Waals surface area contributed by atoms with Crippen molar-refractivity contribution in [1.82, 2.24) is 20.2 Å². The monoisotopic (exact) mass is 292 g/mol. The second-order valence-corrected chi connectivity index (χ2v) is 5.15. The molecule has 0 atom stereocenters. The number of H-pyrrole nitrogens is 1. The van der Waals surface area contributed by atoms with Crippen LogP contribution >= 0.6 is 23.2 Å². The Morgan fingerprint density at radius 1 is 0.947 bits per heavy atom. The maximum absolute atomic E-state index is 6.17. The molecule has 6 heteroatoms. The minimum Gasteiger partial charge on any atom is -0.267 e. The number of aromatic nitrogens is 4. The summed E-state index contributed by atoms with van der Waals surface area (Å²) >= 11 is 12.0. The van der Waals surface area contributed by atoms with Crippen molar-refractivity contribution in [2.24, 2.45) is 0 Å². The van der Waals surface area contributed by atoms with Crippen LogP contribution in [0.5, 0.6) is 0 Å². The quantitative estimate of drug-likeness (QED) is 0.739. The van der Waals surface area contributed by atoms with Gasteiger partial charge < -0.3 is 0 Å². The summed E-state index contributed by atoms with van der Waals surface area (Å²) in [6.45, 7) is 4.07. The summed E-state index contributed by atoms with van der Waals surface area (Å²) in [5.41, 5.74) is 5.01. The Labute approximate surface area is 119 Å². The number of hydrogen-bond donors (Lipinski definition) is 1. The highest BCUT2D eigenvalue weighted by atomic mass is 35.5. The van der Waals surface area contributed by atoms with E-state index in [4.69, 9.17) is 23.2 Å². The highest BCUT2D eigenvalue weighted by Crippen LogP contribution is 2.27. The van der Waals surface area contributed by atoms with Gasteiger partial charge in [0.1, 0.15) is 16.5 Å². The van der Waals surface area contributed by atoms with Crippen molar-refractivity contribution in [2.75, 3.05) is 0 Å². The third-order valence-corrected chi connectivity index (χ3v) is 3.48. The largest absolute Gasteiger partial charge is 0.267 e. The van der Waals surface area contributed by atoms with Crippen molar-refractivity contribution < 1.29 is 0 Å². The third-order valence-electron chi connectivity index (χ3n) is 3.03. The normalized spacial score (nSPS) is 11.2. The van der Waals surface area contributed by atoms with Crippen LogP contribution in [-0.4, -0.2) is 20.2 Å². The van der Waals surface area contributed by atoms with Gasteiger partial charge in [-0.25, -0.2) is 9.97 Å². The Morgan fingerprint density at radius 3 is 2.16 bits per heavy atom. The molecule has 0 saturated carbocycles. The molecule has 0 unspecified atom stereocenters. The lowest BCUT2D eigenvalue weighted by Gasteiger charge is -2.05. The molecule has 0 bridgehead atoms. The van der Waals surface area contributed by atoms with Crippen molar-refractivity contribution in [1.29, 1.82) is 0 Å². The molecule has 0 aliphatic heterocycles. The average Bonchev–Trinajstić information content (AvgIpc) is 2.77. The highest BCUT2D eigenvalue weighted by molar-refractivity contribution is 6.32. The number of hydrogen-bond acceptors (Lipinski definition) is 3. The van der Waals surface area contributed by atoms with Gasteiger partial charge in [0.05, 0.1) is 11.0 Å². The SMILES string of the molecule is Cc1cc2nc(Cl)c(-c3cc(Cl)[nH]n3)nc2cc1C. The molecular formula is C13H10Cl2N4. The van der Waals surface area contributed by atoms with Crippen LogP contribution in [0, 0.1) is 13.8 Å². The summed E-state index contributed by atoms with van der Waals surface area (Å²) in [6.07, 6.45) is 0. The lowest BCUT2D eigenvalue weighted by atomic mass is 10.1. The molecule has 96 valence electrons. The molecule has 0 radical (unpaired) electrons. The molecule has 19 heavy (non-hydrogen) atoms. The fourth-order valence-electron chi connectivity index (χ4n) is 1.87. The lowest BCUT2D eigenvalue weighted by Crippen LogP contribution is -1.93. The smallest absolute Gasteiger partial charge is 0.157 e. The Kier molecular flexibility index (Phi) is 2.92. The first kappa shape index (κ1) is 12.4. The number of aromatic amines is 1. The van der Waals surface area contributed by atoms with Crippen molar-refractivity contribution in [3.05, 3.63) is 39.6 Å². The molecule has 0 aliphatic rings. The molecule has 4 nitrogen and oxygen atoms in total. The lowest BCUT2D eigenvalue weighted by molar-refractivity contribution is 1.08. The summed E-state index contributed by atoms with van der Waals surface area (Å²) in [7, 11) is 0. The average molecular weight is 293 g/mol. The zero-order valence-corrected chi connectivity index (χ0v) is 11.8. The van der Waals surface area contributed by atoms with Crippen LogP contribution in [0.15, 0.2) is 18.2 Å². The molecule has 0 aliphatic carbocycles. The standard InChI is InChI=1S/C13H10Cl2N4/c1-6-3-8-9(4-7(6)2)17-13(15)12(16-8)10-5-11(14)19-18-10/h3-5H,1-2H3,(H,18,19). The number of nitrogens with one attached hydrogen (secondary N) is 1. The first-order valence-electron chi connectivity index (χ1n) is 5.70. The molecule has 1 aromatic carbocycles. The van der Waals surface area contributed by atoms with E-state index in [9.17, 15) is 0 Å². The molecule has 1 N–H and O–H groups in total. The van der Waals surface area contributed by atoms with Crippen LogP contribution in [0.1, 0.15) is 11.1 Å². The van der Waals surface area contributed by atoms with Gasteiger partial charge in [0, 0.05) is 6.07 Å². The minimum absolute atomic E-state index is 0.318. The van der Waals surface area contributed by atoms with Crippen LogP contribution in [0.3, 0.4) is 0 Å². The number of nitrogens with zero attached hydrogens (tertiary/aromatic N) is 3. The summed E-state index contributed by atoms with van der Waals surface area (Å²) < 4.78 is 0. The zero-order valence-electron chi connectivity index (χ0n) is 10.3. The van der Waals surface area contributed by atoms with Gasteiger partial charge in [0.15, 0.2) is 5.15 Å². The zero-order chi connectivity index (χ0) is 13.6. The first-order valence-corrected chi connectivity index (χ1v) is 6.46. The van der Waals surface area contributed by atoms with E-state index in [2.05, 4.69) is 20.2 Å². The molecule has 0 fully saturated rings. The van der Waals surface area contributed by atoms with Crippen LogP contribution in [0.25, 0.3) is 22.4 Å². The van der Waals surface area contributed by atoms with E-state index in [1.54, 1.807) is 6.07 Å². The fraction of sp³-hybridized carbons (Fsp3) is 0.154. The molecule has 0 saturated heterocycles. The highest BCUT2D eigenvalue weighted by Gasteiger charge is 2.13. The van der Waals surface area contributed by atoms with Gasteiger partial charge in [-0.05, 0) is 37.1 Å². The Hall–Kier alpha value is -1.65. The van der Waals surface area contributed by atoms with Crippen molar-refractivity contribution >= 4 is 34.2 Å². The molecule has 0 spiro atoms. The van der Waals surface area contributed by atoms with Crippen molar-refractivity contribution in [3.63, 3.8) is 0 Å². The maximum atomic E-state index is 6.17. The van der Waals surface area contributed by atoms with Crippen molar-refractivity contribution in [2.45, 2.75) is 13.8 Å². The summed E-state index contributed by atoms with van der Waals surface area (Å²) in [6, 6.07) is 5.64. The Morgan fingerprint density at radius 2 is 1.58 bits per heavy atom. The summed E-state index contributed by atoms with van der Waals surface area (Å²) in [5, 5.41) is 7.46. The van der Waals surface area contributed by atoms with Gasteiger partial charge in [0.2, 0.25) is 0 Å². The van der Waals surface area contributed by atoms with Crippen molar-refractivity contribution in [3.8, 4) is 11.4 Å². The third kappa shape index (κ3) is 2.17. The van der Waals surface area contributed by atoms with Gasteiger partial charge in [-0.1, -0.05) is 23.2 Å². The predicted octanol–water partition coefficient (Wildman–Crippen LogP) is 3.94. The molecule has 2 heterocycles. The predicted molar refractivity (Wildman–Crippen MR) is 76.6 cm³/mol. The molecular weight excluding hydrogens is 283 g/mol. The number of halogens is 2. The molecule has 2 aromatic heterocycles. The summed E-state index contributed by atoms with van der Waals surface area (Å²) in [5.74, 6) is 0. The second-order valence-electron chi connectivity index (χ2n) is 4.39. The van der Waals surface area contributed by atoms with Crippen LogP contribution in [-0.2, 0) is 0 Å². The van der Waals surface area contributed by atoms with Gasteiger partial charge in [-0.2, -0.15) is 5.10 Å². The van der Waals surface area contributed by atoms with E-state index in [1.807, 2.05) is 26.0 Å². The van der Waals surface area contributed by atoms with E-state index >= 15 is 0 Å². The van der Waals surface area contributed by atoms with E-state index in [0.717, 1.165) is 22.2 Å². The van der Waals surface area contributed by atoms with Gasteiger partial charge in [0.25, 0.3) is 0 Å². The topological polar surface area (TPSA) is 54.5 Å². The number of rotatable bonds is 1. The minimum atomic E-state index is 0.318. The van der Waals surface area contributed by atoms with E-state index in [1.165, 1.54) is 0 Å². The Balaban J connectivity index is 2.27. The van der Waals surface area contributed by atoms with Crippen LogP contribution < -0.4 is 0 Å². The first-order chi connectivity index (χ1) is 9.04. The van der Waals surface area contributed by atoms with E-state index in [0.29, 0.717) is 21.7 Å². The molecule has 3 rings (SSSR count). The van der Waals surface area contributed by atoms with Crippen LogP contribution in [0.2, 0.25) is 10.3 Å². The number of benzene rings is 1. The molecule has 3 aromatic rings. The van der Waals surface area contributed by atoms with Gasteiger partial charge in [-0.15, -0.1) is 0 Å². The Bertz CT molecular complexity index is 780. The van der Waals surface area contributed by atoms with E-state index < -0.39 is 0 Å². The fourth-order valence-corrected chi connectivity index (χ4v) is 2.25. The number of fused-ring (bicyclic) bond motifs is 1. The number of aryl methyl sites for hydroxylation is 2. The van der Waals surface area contributed by atoms with Crippen LogP contribution in [0.4, 0.5) is 0 Å². The maximum Gasteiger partial charge on any atom is 0.157 e. The van der Waals surface area contributed by atoms with Gasteiger partial charge in [-0.3, -0.25) is 5.10 Å². The van der Waals surface area contributed by atoms with Gasteiger partial charge >= 0.3 is 0 Å². The molecule has 0 amide bonds. The summed E-state index contributed by atoms with van der Waals surface area (Å²) in [4.78, 5) is 8.89. The second kappa shape index (κ2) is 4.47.